The van der Waals surface area contributed by atoms with Crippen molar-refractivity contribution >= 4 is 0 Å². The molecule has 2 atom stereocenters. The van der Waals surface area contributed by atoms with Gasteiger partial charge in [0.15, 0.2) is 0 Å². The SMILES string of the molecule is CCC(C)C(O)C(CC)(CC)c1ccccc1. The van der Waals surface area contributed by atoms with Crippen molar-refractivity contribution in [3.05, 3.63) is 35.9 Å². The van der Waals surface area contributed by atoms with Gasteiger partial charge in [-0.3, -0.25) is 0 Å². The van der Waals surface area contributed by atoms with Crippen LogP contribution in [0.5, 0.6) is 0 Å². The van der Waals surface area contributed by atoms with Crippen molar-refractivity contribution in [3.8, 4) is 0 Å². The van der Waals surface area contributed by atoms with Crippen molar-refractivity contribution in [3.63, 3.8) is 0 Å². The van der Waals surface area contributed by atoms with Crippen LogP contribution in [0.4, 0.5) is 0 Å². The normalized spacial score (nSPS) is 15.6. The van der Waals surface area contributed by atoms with E-state index in [0.29, 0.717) is 5.92 Å². The maximum atomic E-state index is 10.7. The Balaban J connectivity index is 3.13. The quantitative estimate of drug-likeness (QED) is 0.784. The molecule has 0 saturated heterocycles. The van der Waals surface area contributed by atoms with Gasteiger partial charge in [-0.1, -0.05) is 64.4 Å². The van der Waals surface area contributed by atoms with E-state index in [9.17, 15) is 5.11 Å². The predicted molar refractivity (Wildman–Crippen MR) is 74.2 cm³/mol. The Morgan fingerprint density at radius 3 is 2.00 bits per heavy atom. The van der Waals surface area contributed by atoms with Gasteiger partial charge in [-0.05, 0) is 24.3 Å². The summed E-state index contributed by atoms with van der Waals surface area (Å²) in [7, 11) is 0. The molecule has 1 heteroatoms. The Bertz CT molecular complexity index is 314. The average molecular weight is 234 g/mol. The third-order valence-electron chi connectivity index (χ3n) is 4.36. The third-order valence-corrected chi connectivity index (χ3v) is 4.36. The molecule has 1 N–H and O–H groups in total. The van der Waals surface area contributed by atoms with Crippen LogP contribution in [-0.4, -0.2) is 11.2 Å². The van der Waals surface area contributed by atoms with E-state index in [-0.39, 0.29) is 11.5 Å². The summed E-state index contributed by atoms with van der Waals surface area (Å²) in [4.78, 5) is 0. The van der Waals surface area contributed by atoms with E-state index < -0.39 is 0 Å². The molecule has 0 saturated carbocycles. The molecule has 0 amide bonds. The topological polar surface area (TPSA) is 20.2 Å². The molecule has 0 fully saturated rings. The van der Waals surface area contributed by atoms with Crippen LogP contribution in [0.3, 0.4) is 0 Å². The van der Waals surface area contributed by atoms with Crippen LogP contribution in [0.25, 0.3) is 0 Å². The van der Waals surface area contributed by atoms with E-state index in [1.54, 1.807) is 0 Å². The van der Waals surface area contributed by atoms with Gasteiger partial charge in [-0.2, -0.15) is 0 Å². The first-order valence-electron chi connectivity index (χ1n) is 6.85. The standard InChI is InChI=1S/C16H26O/c1-5-13(4)15(17)16(6-2,7-3)14-11-9-8-10-12-14/h8-13,15,17H,5-7H2,1-4H3. The fourth-order valence-electron chi connectivity index (χ4n) is 2.79. The van der Waals surface area contributed by atoms with Gasteiger partial charge in [0, 0.05) is 5.41 Å². The highest BCUT2D eigenvalue weighted by Crippen LogP contribution is 2.38. The summed E-state index contributed by atoms with van der Waals surface area (Å²) in [6, 6.07) is 10.5. The Labute approximate surface area is 106 Å². The molecule has 0 bridgehead atoms. The molecule has 0 heterocycles. The summed E-state index contributed by atoms with van der Waals surface area (Å²) < 4.78 is 0. The van der Waals surface area contributed by atoms with Gasteiger partial charge < -0.3 is 5.11 Å². The summed E-state index contributed by atoms with van der Waals surface area (Å²) in [5.74, 6) is 0.343. The minimum Gasteiger partial charge on any atom is -0.392 e. The van der Waals surface area contributed by atoms with E-state index in [0.717, 1.165) is 19.3 Å². The molecular weight excluding hydrogens is 208 g/mol. The van der Waals surface area contributed by atoms with Crippen molar-refractivity contribution in [2.24, 2.45) is 5.92 Å². The van der Waals surface area contributed by atoms with Crippen molar-refractivity contribution in [1.82, 2.24) is 0 Å². The molecule has 1 aromatic carbocycles. The molecule has 17 heavy (non-hydrogen) atoms. The number of hydrogen-bond acceptors (Lipinski definition) is 1. The largest absolute Gasteiger partial charge is 0.392 e. The number of hydrogen-bond donors (Lipinski definition) is 1. The Hall–Kier alpha value is -0.820. The zero-order valence-electron chi connectivity index (χ0n) is 11.6. The second-order valence-electron chi connectivity index (χ2n) is 5.06. The van der Waals surface area contributed by atoms with Gasteiger partial charge in [0.05, 0.1) is 6.10 Å². The van der Waals surface area contributed by atoms with Crippen molar-refractivity contribution in [2.45, 2.75) is 58.5 Å². The van der Waals surface area contributed by atoms with Gasteiger partial charge in [-0.15, -0.1) is 0 Å². The molecule has 2 unspecified atom stereocenters. The first kappa shape index (κ1) is 14.2. The predicted octanol–water partition coefficient (Wildman–Crippen LogP) is 4.15. The maximum Gasteiger partial charge on any atom is 0.0661 e. The van der Waals surface area contributed by atoms with E-state index in [1.807, 2.05) is 6.07 Å². The number of aliphatic hydroxyl groups is 1. The highest BCUT2D eigenvalue weighted by atomic mass is 16.3. The van der Waals surface area contributed by atoms with E-state index in [4.69, 9.17) is 0 Å². The molecule has 0 aliphatic carbocycles. The summed E-state index contributed by atoms with van der Waals surface area (Å²) in [6.07, 6.45) is 2.73. The molecule has 1 nitrogen and oxygen atoms in total. The molecule has 0 aliphatic rings. The van der Waals surface area contributed by atoms with Gasteiger partial charge in [0.2, 0.25) is 0 Å². The van der Waals surface area contributed by atoms with Crippen LogP contribution in [-0.2, 0) is 5.41 Å². The highest BCUT2D eigenvalue weighted by Gasteiger charge is 2.38. The summed E-state index contributed by atoms with van der Waals surface area (Å²) in [5.41, 5.74) is 1.19. The van der Waals surface area contributed by atoms with Crippen LogP contribution < -0.4 is 0 Å². The second-order valence-corrected chi connectivity index (χ2v) is 5.06. The zero-order valence-corrected chi connectivity index (χ0v) is 11.6. The average Bonchev–Trinajstić information content (AvgIpc) is 2.41. The highest BCUT2D eigenvalue weighted by molar-refractivity contribution is 5.27. The van der Waals surface area contributed by atoms with Crippen molar-refractivity contribution in [1.29, 1.82) is 0 Å². The zero-order chi connectivity index (χ0) is 12.9. The number of benzene rings is 1. The fraction of sp³-hybridized carbons (Fsp3) is 0.625. The number of rotatable bonds is 6. The summed E-state index contributed by atoms with van der Waals surface area (Å²) in [6.45, 7) is 8.66. The smallest absolute Gasteiger partial charge is 0.0661 e. The lowest BCUT2D eigenvalue weighted by atomic mass is 9.68. The fourth-order valence-corrected chi connectivity index (χ4v) is 2.79. The maximum absolute atomic E-state index is 10.7. The van der Waals surface area contributed by atoms with Crippen LogP contribution >= 0.6 is 0 Å². The lowest BCUT2D eigenvalue weighted by molar-refractivity contribution is 0.0268. The first-order chi connectivity index (χ1) is 8.12. The van der Waals surface area contributed by atoms with Gasteiger partial charge in [0.25, 0.3) is 0 Å². The lowest BCUT2D eigenvalue weighted by Gasteiger charge is -2.40. The molecular formula is C16H26O. The molecule has 0 aromatic heterocycles. The first-order valence-corrected chi connectivity index (χ1v) is 6.85. The third kappa shape index (κ3) is 2.71. The summed E-state index contributed by atoms with van der Waals surface area (Å²) in [5, 5.41) is 10.7. The van der Waals surface area contributed by atoms with Gasteiger partial charge in [0.1, 0.15) is 0 Å². The van der Waals surface area contributed by atoms with Crippen LogP contribution in [0, 0.1) is 5.92 Å². The van der Waals surface area contributed by atoms with E-state index in [1.165, 1.54) is 5.56 Å². The molecule has 0 radical (unpaired) electrons. The van der Waals surface area contributed by atoms with Gasteiger partial charge in [-0.25, -0.2) is 0 Å². The molecule has 0 spiro atoms. The Morgan fingerprint density at radius 1 is 1.06 bits per heavy atom. The van der Waals surface area contributed by atoms with E-state index >= 15 is 0 Å². The van der Waals surface area contributed by atoms with Crippen LogP contribution in [0.2, 0.25) is 0 Å². The molecule has 1 aromatic rings. The Kier molecular flexibility index (Phi) is 5.20. The second kappa shape index (κ2) is 6.20. The monoisotopic (exact) mass is 234 g/mol. The minimum absolute atomic E-state index is 0.0866. The molecule has 0 aliphatic heterocycles. The summed E-state index contributed by atoms with van der Waals surface area (Å²) >= 11 is 0. The van der Waals surface area contributed by atoms with Crippen LogP contribution in [0.15, 0.2) is 30.3 Å². The van der Waals surface area contributed by atoms with Gasteiger partial charge >= 0.3 is 0 Å². The molecule has 1 rings (SSSR count). The lowest BCUT2D eigenvalue weighted by Crippen LogP contribution is -2.42. The van der Waals surface area contributed by atoms with E-state index in [2.05, 4.69) is 52.0 Å². The number of aliphatic hydroxyl groups excluding tert-OH is 1. The minimum atomic E-state index is -0.259. The van der Waals surface area contributed by atoms with Crippen LogP contribution in [0.1, 0.15) is 52.5 Å². The van der Waals surface area contributed by atoms with Crippen molar-refractivity contribution < 1.29 is 5.11 Å². The van der Waals surface area contributed by atoms with Crippen molar-refractivity contribution in [2.75, 3.05) is 0 Å². The molecule has 96 valence electrons. The Morgan fingerprint density at radius 2 is 1.59 bits per heavy atom.